The maximum Gasteiger partial charge on any atom is 0.290 e. The largest absolute Gasteiger partial charge is 0.491 e. The van der Waals surface area contributed by atoms with Crippen molar-refractivity contribution in [3.8, 4) is 5.75 Å². The molecule has 4 nitrogen and oxygen atoms in total. The number of amides is 2. The molecule has 6 heteroatoms. The van der Waals surface area contributed by atoms with E-state index in [0.29, 0.717) is 18.1 Å². The van der Waals surface area contributed by atoms with Crippen LogP contribution >= 0.6 is 11.8 Å². The summed E-state index contributed by atoms with van der Waals surface area (Å²) >= 11 is 0.816. The van der Waals surface area contributed by atoms with Gasteiger partial charge in [-0.1, -0.05) is 38.2 Å². The molecule has 2 fully saturated rings. The van der Waals surface area contributed by atoms with E-state index in [1.54, 1.807) is 12.1 Å². The maximum atomic E-state index is 14.1. The number of hydrogen-bond donors (Lipinski definition) is 1. The third kappa shape index (κ3) is 4.38. The summed E-state index contributed by atoms with van der Waals surface area (Å²) in [6, 6.07) is 4.57. The Labute approximate surface area is 144 Å². The van der Waals surface area contributed by atoms with Crippen LogP contribution in [-0.4, -0.2) is 17.8 Å². The van der Waals surface area contributed by atoms with Crippen LogP contribution in [0.5, 0.6) is 5.75 Å². The van der Waals surface area contributed by atoms with E-state index in [9.17, 15) is 14.0 Å². The summed E-state index contributed by atoms with van der Waals surface area (Å²) in [5, 5.41) is 1.76. The van der Waals surface area contributed by atoms with Crippen LogP contribution in [-0.2, 0) is 4.79 Å². The number of ether oxygens (including phenoxy) is 1. The first-order valence-corrected chi connectivity index (χ1v) is 9.10. The molecule has 2 amide bonds. The molecule has 3 rings (SSSR count). The molecule has 1 heterocycles. The minimum absolute atomic E-state index is 0.229. The SMILES string of the molecule is O=C1NC(=O)/C(=C/c2ccc(OCCC3CCCCC3)c(F)c2)S1. The van der Waals surface area contributed by atoms with Gasteiger partial charge in [0.15, 0.2) is 11.6 Å². The Morgan fingerprint density at radius 1 is 1.25 bits per heavy atom. The van der Waals surface area contributed by atoms with Crippen LogP contribution in [0.2, 0.25) is 0 Å². The first-order chi connectivity index (χ1) is 11.6. The molecule has 1 saturated carbocycles. The van der Waals surface area contributed by atoms with Crippen molar-refractivity contribution in [1.82, 2.24) is 5.32 Å². The molecule has 1 N–H and O–H groups in total. The van der Waals surface area contributed by atoms with E-state index in [4.69, 9.17) is 4.74 Å². The molecular weight excluding hydrogens is 329 g/mol. The maximum absolute atomic E-state index is 14.1. The van der Waals surface area contributed by atoms with Gasteiger partial charge in [0, 0.05) is 0 Å². The minimum atomic E-state index is -0.456. The van der Waals surface area contributed by atoms with Crippen molar-refractivity contribution in [3.05, 3.63) is 34.5 Å². The van der Waals surface area contributed by atoms with Gasteiger partial charge in [-0.2, -0.15) is 0 Å². The van der Waals surface area contributed by atoms with E-state index in [1.165, 1.54) is 44.2 Å². The van der Waals surface area contributed by atoms with E-state index in [2.05, 4.69) is 5.32 Å². The molecule has 128 valence electrons. The topological polar surface area (TPSA) is 55.4 Å². The lowest BCUT2D eigenvalue weighted by Gasteiger charge is -2.21. The fraction of sp³-hybridized carbons (Fsp3) is 0.444. The summed E-state index contributed by atoms with van der Waals surface area (Å²) in [4.78, 5) is 22.9. The number of benzene rings is 1. The number of imide groups is 1. The van der Waals surface area contributed by atoms with Gasteiger partial charge >= 0.3 is 0 Å². The predicted molar refractivity (Wildman–Crippen MR) is 92.2 cm³/mol. The molecule has 1 aliphatic carbocycles. The van der Waals surface area contributed by atoms with E-state index in [0.717, 1.165) is 18.2 Å². The molecule has 0 atom stereocenters. The van der Waals surface area contributed by atoms with Crippen LogP contribution in [0.1, 0.15) is 44.1 Å². The van der Waals surface area contributed by atoms with Gasteiger partial charge < -0.3 is 4.74 Å². The summed E-state index contributed by atoms with van der Waals surface area (Å²) in [5.74, 6) is 0.0229. The monoisotopic (exact) mass is 349 g/mol. The second-order valence-electron chi connectivity index (χ2n) is 6.18. The molecule has 0 unspecified atom stereocenters. The second kappa shape index (κ2) is 7.83. The van der Waals surface area contributed by atoms with Gasteiger partial charge in [0.1, 0.15) is 0 Å². The molecule has 2 aliphatic rings. The van der Waals surface area contributed by atoms with Crippen molar-refractivity contribution < 1.29 is 18.7 Å². The molecule has 1 aromatic rings. The van der Waals surface area contributed by atoms with Crippen LogP contribution in [0.3, 0.4) is 0 Å². The highest BCUT2D eigenvalue weighted by Crippen LogP contribution is 2.28. The Hall–Kier alpha value is -1.82. The van der Waals surface area contributed by atoms with Crippen molar-refractivity contribution in [2.24, 2.45) is 5.92 Å². The number of nitrogens with one attached hydrogen (secondary N) is 1. The quantitative estimate of drug-likeness (QED) is 0.795. The molecule has 1 aliphatic heterocycles. The van der Waals surface area contributed by atoms with E-state index in [-0.39, 0.29) is 10.7 Å². The van der Waals surface area contributed by atoms with Gasteiger partial charge in [0.25, 0.3) is 11.1 Å². The fourth-order valence-corrected chi connectivity index (χ4v) is 3.79. The average Bonchev–Trinajstić information content (AvgIpc) is 2.88. The van der Waals surface area contributed by atoms with Gasteiger partial charge in [0.05, 0.1) is 11.5 Å². The lowest BCUT2D eigenvalue weighted by Crippen LogP contribution is -2.17. The molecule has 0 aromatic heterocycles. The highest BCUT2D eigenvalue weighted by atomic mass is 32.2. The zero-order chi connectivity index (χ0) is 16.9. The Bertz CT molecular complexity index is 668. The van der Waals surface area contributed by atoms with Gasteiger partial charge in [-0.15, -0.1) is 0 Å². The van der Waals surface area contributed by atoms with E-state index < -0.39 is 17.0 Å². The van der Waals surface area contributed by atoms with Crippen LogP contribution in [0.15, 0.2) is 23.1 Å². The summed E-state index contributed by atoms with van der Waals surface area (Å²) < 4.78 is 19.7. The number of carbonyl (C=O) groups is 2. The number of carbonyl (C=O) groups excluding carboxylic acids is 2. The number of halogens is 1. The number of rotatable bonds is 5. The highest BCUT2D eigenvalue weighted by Gasteiger charge is 2.25. The van der Waals surface area contributed by atoms with Crippen molar-refractivity contribution in [2.75, 3.05) is 6.61 Å². The number of thioether (sulfide) groups is 1. The summed E-state index contributed by atoms with van der Waals surface area (Å²) in [5.41, 5.74) is 0.527. The first-order valence-electron chi connectivity index (χ1n) is 8.29. The number of hydrogen-bond acceptors (Lipinski definition) is 4. The van der Waals surface area contributed by atoms with Crippen molar-refractivity contribution in [3.63, 3.8) is 0 Å². The first kappa shape index (κ1) is 17.0. The van der Waals surface area contributed by atoms with E-state index >= 15 is 0 Å². The van der Waals surface area contributed by atoms with Crippen LogP contribution in [0.25, 0.3) is 6.08 Å². The van der Waals surface area contributed by atoms with Crippen LogP contribution < -0.4 is 10.1 Å². The molecular formula is C18H20FNO3S. The van der Waals surface area contributed by atoms with Gasteiger partial charge in [-0.25, -0.2) is 4.39 Å². The lowest BCUT2D eigenvalue weighted by atomic mass is 9.87. The predicted octanol–water partition coefficient (Wildman–Crippen LogP) is 4.50. The highest BCUT2D eigenvalue weighted by molar-refractivity contribution is 8.18. The van der Waals surface area contributed by atoms with Crippen molar-refractivity contribution >= 4 is 29.0 Å². The zero-order valence-electron chi connectivity index (χ0n) is 13.3. The van der Waals surface area contributed by atoms with E-state index in [1.807, 2.05) is 0 Å². The fourth-order valence-electron chi connectivity index (χ4n) is 3.11. The molecule has 24 heavy (non-hydrogen) atoms. The third-order valence-electron chi connectivity index (χ3n) is 4.40. The molecule has 0 radical (unpaired) electrons. The van der Waals surface area contributed by atoms with Gasteiger partial charge in [-0.05, 0) is 47.9 Å². The van der Waals surface area contributed by atoms with Crippen molar-refractivity contribution in [1.29, 1.82) is 0 Å². The molecule has 1 saturated heterocycles. The van der Waals surface area contributed by atoms with Gasteiger partial charge in [0.2, 0.25) is 0 Å². The normalized spacial score (nSPS) is 20.5. The summed E-state index contributed by atoms with van der Waals surface area (Å²) in [7, 11) is 0. The van der Waals surface area contributed by atoms with Crippen molar-refractivity contribution in [2.45, 2.75) is 38.5 Å². The second-order valence-corrected chi connectivity index (χ2v) is 7.20. The van der Waals surface area contributed by atoms with Gasteiger partial charge in [-0.3, -0.25) is 14.9 Å². The Morgan fingerprint density at radius 2 is 2.04 bits per heavy atom. The summed E-state index contributed by atoms with van der Waals surface area (Å²) in [6.45, 7) is 0.523. The average molecular weight is 349 g/mol. The summed E-state index contributed by atoms with van der Waals surface area (Å²) in [6.07, 6.45) is 8.86. The lowest BCUT2D eigenvalue weighted by molar-refractivity contribution is -0.115. The molecule has 0 bridgehead atoms. The Kier molecular flexibility index (Phi) is 5.56. The Morgan fingerprint density at radius 3 is 2.71 bits per heavy atom. The molecule has 1 aromatic carbocycles. The Balaban J connectivity index is 1.57. The smallest absolute Gasteiger partial charge is 0.290 e. The standard InChI is InChI=1S/C18H20FNO3S/c19-14-10-13(11-16-17(21)20-18(22)24-16)6-7-15(14)23-9-8-12-4-2-1-3-5-12/h6-7,10-12H,1-5,8-9H2,(H,20,21,22)/b16-11-. The third-order valence-corrected chi connectivity index (χ3v) is 5.21. The van der Waals surface area contributed by atoms with Crippen LogP contribution in [0, 0.1) is 11.7 Å². The minimum Gasteiger partial charge on any atom is -0.491 e. The zero-order valence-corrected chi connectivity index (χ0v) is 14.2. The van der Waals surface area contributed by atoms with Crippen LogP contribution in [0.4, 0.5) is 9.18 Å². The molecule has 0 spiro atoms.